The second-order valence-electron chi connectivity index (χ2n) is 4.76. The van der Waals surface area contributed by atoms with Crippen molar-refractivity contribution in [3.05, 3.63) is 33.9 Å². The zero-order valence-corrected chi connectivity index (χ0v) is 11.8. The summed E-state index contributed by atoms with van der Waals surface area (Å²) in [6.07, 6.45) is 0. The van der Waals surface area contributed by atoms with E-state index in [-0.39, 0.29) is 24.7 Å². The number of hydrogen-bond donors (Lipinski definition) is 1. The number of hydrogen-bond acceptors (Lipinski definition) is 5. The fraction of sp³-hybridized carbons (Fsp3) is 0.385. The van der Waals surface area contributed by atoms with Crippen LogP contribution < -0.4 is 5.32 Å². The third-order valence-electron chi connectivity index (χ3n) is 3.20. The van der Waals surface area contributed by atoms with Gasteiger partial charge in [-0.15, -0.1) is 0 Å². The third kappa shape index (κ3) is 2.93. The summed E-state index contributed by atoms with van der Waals surface area (Å²) in [5.41, 5.74) is 0.893. The summed E-state index contributed by atoms with van der Waals surface area (Å²) in [6, 6.07) is 4.25. The molecule has 0 aliphatic carbocycles. The minimum atomic E-state index is -0.485. The summed E-state index contributed by atoms with van der Waals surface area (Å²) in [7, 11) is 1.54. The highest BCUT2D eigenvalue weighted by Gasteiger charge is 2.33. The van der Waals surface area contributed by atoms with Crippen molar-refractivity contribution in [2.75, 3.05) is 25.5 Å². The normalized spacial score (nSPS) is 14.8. The summed E-state index contributed by atoms with van der Waals surface area (Å²) in [6.45, 7) is 2.48. The molecule has 21 heavy (non-hydrogen) atoms. The van der Waals surface area contributed by atoms with Crippen LogP contribution in [0.3, 0.4) is 0 Å². The van der Waals surface area contributed by atoms with Crippen LogP contribution in [-0.4, -0.2) is 46.8 Å². The van der Waals surface area contributed by atoms with E-state index < -0.39 is 11.0 Å². The first kappa shape index (κ1) is 14.8. The van der Waals surface area contributed by atoms with Gasteiger partial charge in [0.05, 0.1) is 11.5 Å². The monoisotopic (exact) mass is 292 g/mol. The van der Waals surface area contributed by atoms with E-state index in [2.05, 4.69) is 5.32 Å². The van der Waals surface area contributed by atoms with E-state index in [9.17, 15) is 19.7 Å². The first-order valence-electron chi connectivity index (χ1n) is 6.50. The maximum atomic E-state index is 11.8. The Bertz CT molecular complexity index is 602. The molecule has 0 bridgehead atoms. The predicted octanol–water partition coefficient (Wildman–Crippen LogP) is 1.42. The zero-order valence-electron chi connectivity index (χ0n) is 11.8. The Kier molecular flexibility index (Phi) is 4.06. The van der Waals surface area contributed by atoms with E-state index >= 15 is 0 Å². The average molecular weight is 292 g/mol. The fourth-order valence-corrected chi connectivity index (χ4v) is 2.17. The van der Waals surface area contributed by atoms with Gasteiger partial charge in [0.15, 0.2) is 0 Å². The summed E-state index contributed by atoms with van der Waals surface area (Å²) < 4.78 is 0. The lowest BCUT2D eigenvalue weighted by atomic mass is 10.1. The van der Waals surface area contributed by atoms with Crippen molar-refractivity contribution in [1.82, 2.24) is 9.80 Å². The van der Waals surface area contributed by atoms with E-state index in [1.165, 1.54) is 18.0 Å². The molecule has 0 aromatic heterocycles. The number of likely N-dealkylation sites (N-methyl/N-ethyl adjacent to an activating group) is 1. The number of rotatable bonds is 5. The van der Waals surface area contributed by atoms with Crippen LogP contribution in [0.25, 0.3) is 0 Å². The summed E-state index contributed by atoms with van der Waals surface area (Å²) in [5, 5.41) is 14.0. The van der Waals surface area contributed by atoms with Gasteiger partial charge >= 0.3 is 6.03 Å². The van der Waals surface area contributed by atoms with Crippen LogP contribution in [0.2, 0.25) is 0 Å². The Morgan fingerprint density at radius 2 is 2.10 bits per heavy atom. The number of carbonyl (C=O) groups is 2. The van der Waals surface area contributed by atoms with Crippen molar-refractivity contribution in [1.29, 1.82) is 0 Å². The number of benzene rings is 1. The van der Waals surface area contributed by atoms with Gasteiger partial charge in [-0.25, -0.2) is 4.79 Å². The van der Waals surface area contributed by atoms with Crippen LogP contribution in [0.4, 0.5) is 16.2 Å². The van der Waals surface area contributed by atoms with E-state index in [0.29, 0.717) is 17.8 Å². The molecule has 0 spiro atoms. The molecule has 1 aromatic rings. The van der Waals surface area contributed by atoms with Crippen LogP contribution in [0.1, 0.15) is 12.5 Å². The fourth-order valence-electron chi connectivity index (χ4n) is 2.17. The standard InChI is InChI=1S/C13H16N4O4/c1-3-14-10-5-4-9(6-11(10)17(20)21)7-16-12(18)8-15(2)13(16)19/h4-6,14H,3,7-8H2,1-2H3. The van der Waals surface area contributed by atoms with Crippen LogP contribution >= 0.6 is 0 Å². The number of amides is 3. The maximum Gasteiger partial charge on any atom is 0.327 e. The van der Waals surface area contributed by atoms with Gasteiger partial charge < -0.3 is 10.2 Å². The Balaban J connectivity index is 2.25. The number of nitrogens with zero attached hydrogens (tertiary/aromatic N) is 3. The average Bonchev–Trinajstić information content (AvgIpc) is 2.67. The highest BCUT2D eigenvalue weighted by Crippen LogP contribution is 2.26. The van der Waals surface area contributed by atoms with Crippen LogP contribution in [0, 0.1) is 10.1 Å². The molecular weight excluding hydrogens is 276 g/mol. The molecule has 8 nitrogen and oxygen atoms in total. The van der Waals surface area contributed by atoms with E-state index in [0.717, 1.165) is 4.90 Å². The minimum absolute atomic E-state index is 0.0370. The Morgan fingerprint density at radius 3 is 2.62 bits per heavy atom. The molecule has 1 N–H and O–H groups in total. The molecule has 1 fully saturated rings. The number of anilines is 1. The highest BCUT2D eigenvalue weighted by molar-refractivity contribution is 6.01. The number of nitrogens with one attached hydrogen (secondary N) is 1. The molecule has 1 aliphatic heterocycles. The lowest BCUT2D eigenvalue weighted by Crippen LogP contribution is -2.31. The zero-order chi connectivity index (χ0) is 15.6. The predicted molar refractivity (Wildman–Crippen MR) is 75.8 cm³/mol. The van der Waals surface area contributed by atoms with Gasteiger partial charge in [0.2, 0.25) is 0 Å². The van der Waals surface area contributed by atoms with E-state index in [4.69, 9.17) is 0 Å². The van der Waals surface area contributed by atoms with Gasteiger partial charge in [0.1, 0.15) is 12.2 Å². The number of urea groups is 1. The van der Waals surface area contributed by atoms with Crippen molar-refractivity contribution >= 4 is 23.3 Å². The van der Waals surface area contributed by atoms with Crippen LogP contribution in [0.15, 0.2) is 18.2 Å². The molecule has 2 rings (SSSR count). The topological polar surface area (TPSA) is 95.8 Å². The SMILES string of the molecule is CCNc1ccc(CN2C(=O)CN(C)C2=O)cc1[N+](=O)[O-]. The van der Waals surface area contributed by atoms with E-state index in [1.807, 2.05) is 6.92 Å². The smallest absolute Gasteiger partial charge is 0.327 e. The molecule has 0 saturated carbocycles. The second kappa shape index (κ2) is 5.78. The maximum absolute atomic E-state index is 11.8. The molecule has 8 heteroatoms. The molecule has 1 aliphatic rings. The summed E-state index contributed by atoms with van der Waals surface area (Å²) in [5.74, 6) is -0.305. The van der Waals surface area contributed by atoms with Crippen molar-refractivity contribution in [2.45, 2.75) is 13.5 Å². The molecule has 1 aromatic carbocycles. The van der Waals surface area contributed by atoms with Crippen molar-refractivity contribution in [3.63, 3.8) is 0 Å². The van der Waals surface area contributed by atoms with Crippen molar-refractivity contribution < 1.29 is 14.5 Å². The van der Waals surface area contributed by atoms with Gasteiger partial charge in [-0.3, -0.25) is 19.8 Å². The largest absolute Gasteiger partial charge is 0.380 e. The molecule has 1 saturated heterocycles. The Labute approximate surface area is 121 Å². The van der Waals surface area contributed by atoms with Gasteiger partial charge in [-0.2, -0.15) is 0 Å². The molecule has 0 radical (unpaired) electrons. The number of carbonyl (C=O) groups excluding carboxylic acids is 2. The highest BCUT2D eigenvalue weighted by atomic mass is 16.6. The molecule has 1 heterocycles. The Hall–Kier alpha value is -2.64. The molecule has 0 unspecified atom stereocenters. The lowest BCUT2D eigenvalue weighted by Gasteiger charge is -2.14. The number of nitro groups is 1. The second-order valence-corrected chi connectivity index (χ2v) is 4.76. The molecule has 3 amide bonds. The van der Waals surface area contributed by atoms with Gasteiger partial charge in [0, 0.05) is 19.7 Å². The Morgan fingerprint density at radius 1 is 1.38 bits per heavy atom. The quantitative estimate of drug-likeness (QED) is 0.503. The first-order valence-corrected chi connectivity index (χ1v) is 6.50. The van der Waals surface area contributed by atoms with Crippen molar-refractivity contribution in [3.8, 4) is 0 Å². The summed E-state index contributed by atoms with van der Waals surface area (Å²) >= 11 is 0. The summed E-state index contributed by atoms with van der Waals surface area (Å²) in [4.78, 5) is 36.5. The molecule has 112 valence electrons. The first-order chi connectivity index (χ1) is 9.93. The third-order valence-corrected chi connectivity index (χ3v) is 3.20. The van der Waals surface area contributed by atoms with Gasteiger partial charge in [-0.05, 0) is 18.6 Å². The van der Waals surface area contributed by atoms with Crippen LogP contribution in [0.5, 0.6) is 0 Å². The van der Waals surface area contributed by atoms with Crippen molar-refractivity contribution in [2.24, 2.45) is 0 Å². The lowest BCUT2D eigenvalue weighted by molar-refractivity contribution is -0.384. The number of nitro benzene ring substituents is 1. The minimum Gasteiger partial charge on any atom is -0.380 e. The van der Waals surface area contributed by atoms with Crippen LogP contribution in [-0.2, 0) is 11.3 Å². The van der Waals surface area contributed by atoms with Gasteiger partial charge in [-0.1, -0.05) is 6.07 Å². The number of imide groups is 1. The van der Waals surface area contributed by atoms with Gasteiger partial charge in [0.25, 0.3) is 11.6 Å². The van der Waals surface area contributed by atoms with E-state index in [1.54, 1.807) is 12.1 Å². The molecular formula is C13H16N4O4. The molecule has 0 atom stereocenters.